The van der Waals surface area contributed by atoms with Gasteiger partial charge in [0, 0.05) is 0 Å². The summed E-state index contributed by atoms with van der Waals surface area (Å²) in [7, 11) is 1.64. The van der Waals surface area contributed by atoms with E-state index in [1.165, 1.54) is 5.56 Å². The van der Waals surface area contributed by atoms with Gasteiger partial charge in [-0.05, 0) is 49.6 Å². The third kappa shape index (κ3) is 6.12. The number of ether oxygens (including phenoxy) is 4. The number of allylic oxidation sites excluding steroid dienone is 1. The maximum Gasteiger partial charge on any atom is 0.161 e. The van der Waals surface area contributed by atoms with Crippen molar-refractivity contribution in [2.75, 3.05) is 33.5 Å². The second-order valence-electron chi connectivity index (χ2n) is 6.06. The first-order valence-corrected chi connectivity index (χ1v) is 8.82. The predicted molar refractivity (Wildman–Crippen MR) is 105 cm³/mol. The Hall–Kier alpha value is -2.46. The monoisotopic (exact) mass is 356 g/mol. The highest BCUT2D eigenvalue weighted by atomic mass is 16.6. The molecule has 0 atom stereocenters. The van der Waals surface area contributed by atoms with Crippen LogP contribution in [0.15, 0.2) is 49.1 Å². The number of hydrogen-bond acceptors (Lipinski definition) is 4. The lowest BCUT2D eigenvalue weighted by Gasteiger charge is -2.13. The Morgan fingerprint density at radius 1 is 0.846 bits per heavy atom. The van der Waals surface area contributed by atoms with Gasteiger partial charge < -0.3 is 18.9 Å². The van der Waals surface area contributed by atoms with Crippen LogP contribution in [-0.2, 0) is 11.2 Å². The van der Waals surface area contributed by atoms with Gasteiger partial charge in [-0.1, -0.05) is 29.8 Å². The van der Waals surface area contributed by atoms with Crippen LogP contribution >= 0.6 is 0 Å². The Balaban J connectivity index is 1.66. The highest BCUT2D eigenvalue weighted by molar-refractivity contribution is 5.43. The Labute approximate surface area is 156 Å². The number of methoxy groups -OCH3 is 1. The second kappa shape index (κ2) is 10.5. The van der Waals surface area contributed by atoms with E-state index in [-0.39, 0.29) is 0 Å². The molecule has 0 aliphatic rings. The lowest BCUT2D eigenvalue weighted by Crippen LogP contribution is -2.12. The van der Waals surface area contributed by atoms with Gasteiger partial charge in [0.05, 0.1) is 20.3 Å². The quantitative estimate of drug-likeness (QED) is 0.438. The van der Waals surface area contributed by atoms with E-state index in [9.17, 15) is 0 Å². The van der Waals surface area contributed by atoms with Crippen LogP contribution in [0, 0.1) is 13.8 Å². The predicted octanol–water partition coefficient (Wildman–Crippen LogP) is 4.51. The second-order valence-corrected chi connectivity index (χ2v) is 6.06. The first kappa shape index (κ1) is 19.9. The maximum absolute atomic E-state index is 5.74. The summed E-state index contributed by atoms with van der Waals surface area (Å²) in [4.78, 5) is 0. The Bertz CT molecular complexity index is 709. The fourth-order valence-corrected chi connectivity index (χ4v) is 2.61. The van der Waals surface area contributed by atoms with Crippen LogP contribution in [0.2, 0.25) is 0 Å². The molecule has 4 nitrogen and oxygen atoms in total. The van der Waals surface area contributed by atoms with Gasteiger partial charge in [0.2, 0.25) is 0 Å². The standard InChI is InChI=1S/C22H28O4/c1-5-6-19-8-10-21(22(16-19)23-4)26-14-12-24-11-13-25-20-9-7-17(2)15-18(20)3/h5,7-10,15-16H,1,6,11-14H2,2-4H3. The van der Waals surface area contributed by atoms with Crippen LogP contribution in [0.4, 0.5) is 0 Å². The van der Waals surface area contributed by atoms with Crippen LogP contribution in [0.25, 0.3) is 0 Å². The van der Waals surface area contributed by atoms with Crippen LogP contribution in [0.1, 0.15) is 16.7 Å². The van der Waals surface area contributed by atoms with Crippen molar-refractivity contribution >= 4 is 0 Å². The molecule has 0 radical (unpaired) electrons. The van der Waals surface area contributed by atoms with Crippen LogP contribution in [0.5, 0.6) is 17.2 Å². The van der Waals surface area contributed by atoms with Crippen LogP contribution < -0.4 is 14.2 Å². The Kier molecular flexibility index (Phi) is 8.03. The van der Waals surface area contributed by atoms with Gasteiger partial charge in [-0.2, -0.15) is 0 Å². The molecule has 0 saturated carbocycles. The summed E-state index contributed by atoms with van der Waals surface area (Å²) in [6.45, 7) is 9.86. The summed E-state index contributed by atoms with van der Waals surface area (Å²) in [5, 5.41) is 0. The van der Waals surface area contributed by atoms with Gasteiger partial charge in [-0.15, -0.1) is 6.58 Å². The molecule has 0 aliphatic carbocycles. The Morgan fingerprint density at radius 2 is 1.54 bits per heavy atom. The number of rotatable bonds is 11. The molecule has 0 aromatic heterocycles. The third-order valence-electron chi connectivity index (χ3n) is 3.91. The molecule has 140 valence electrons. The molecule has 0 spiro atoms. The fourth-order valence-electron chi connectivity index (χ4n) is 2.61. The fraction of sp³-hybridized carbons (Fsp3) is 0.364. The molecule has 0 fully saturated rings. The van der Waals surface area contributed by atoms with Gasteiger partial charge in [-0.25, -0.2) is 0 Å². The highest BCUT2D eigenvalue weighted by Crippen LogP contribution is 2.28. The average molecular weight is 356 g/mol. The van der Waals surface area contributed by atoms with Crippen molar-refractivity contribution < 1.29 is 18.9 Å². The maximum atomic E-state index is 5.74. The van der Waals surface area contributed by atoms with Crippen molar-refractivity contribution in [3.63, 3.8) is 0 Å². The zero-order valence-corrected chi connectivity index (χ0v) is 15.9. The van der Waals surface area contributed by atoms with Crippen LogP contribution in [0.3, 0.4) is 0 Å². The number of hydrogen-bond donors (Lipinski definition) is 0. The molecule has 26 heavy (non-hydrogen) atoms. The van der Waals surface area contributed by atoms with Gasteiger partial charge >= 0.3 is 0 Å². The van der Waals surface area contributed by atoms with E-state index >= 15 is 0 Å². The lowest BCUT2D eigenvalue weighted by atomic mass is 10.1. The summed E-state index contributed by atoms with van der Waals surface area (Å²) < 4.78 is 22.4. The molecule has 0 heterocycles. The largest absolute Gasteiger partial charge is 0.493 e. The lowest BCUT2D eigenvalue weighted by molar-refractivity contribution is 0.0755. The summed E-state index contributed by atoms with van der Waals surface area (Å²) in [6, 6.07) is 12.0. The van der Waals surface area contributed by atoms with Crippen molar-refractivity contribution in [2.24, 2.45) is 0 Å². The molecule has 2 aromatic carbocycles. The van der Waals surface area contributed by atoms with Crippen molar-refractivity contribution in [3.05, 3.63) is 65.7 Å². The van der Waals surface area contributed by atoms with Crippen molar-refractivity contribution in [3.8, 4) is 17.2 Å². The molecule has 0 N–H and O–H groups in total. The normalized spacial score (nSPS) is 10.4. The molecular weight excluding hydrogens is 328 g/mol. The SMILES string of the molecule is C=CCc1ccc(OCCOCCOc2ccc(C)cc2C)c(OC)c1. The zero-order valence-electron chi connectivity index (χ0n) is 15.9. The van der Waals surface area contributed by atoms with E-state index in [1.807, 2.05) is 43.3 Å². The van der Waals surface area contributed by atoms with E-state index in [1.54, 1.807) is 7.11 Å². The van der Waals surface area contributed by atoms with E-state index in [4.69, 9.17) is 18.9 Å². The first-order valence-electron chi connectivity index (χ1n) is 8.82. The minimum Gasteiger partial charge on any atom is -0.493 e. The van der Waals surface area contributed by atoms with Gasteiger partial charge in [0.1, 0.15) is 19.0 Å². The minimum atomic E-state index is 0.459. The van der Waals surface area contributed by atoms with E-state index in [2.05, 4.69) is 19.6 Å². The highest BCUT2D eigenvalue weighted by Gasteiger charge is 2.05. The first-order chi connectivity index (χ1) is 12.6. The topological polar surface area (TPSA) is 36.9 Å². The molecule has 0 bridgehead atoms. The average Bonchev–Trinajstić information content (AvgIpc) is 2.63. The minimum absolute atomic E-state index is 0.459. The number of benzene rings is 2. The van der Waals surface area contributed by atoms with Crippen molar-refractivity contribution in [1.82, 2.24) is 0 Å². The third-order valence-corrected chi connectivity index (χ3v) is 3.91. The smallest absolute Gasteiger partial charge is 0.161 e. The van der Waals surface area contributed by atoms with Crippen LogP contribution in [-0.4, -0.2) is 33.5 Å². The van der Waals surface area contributed by atoms with E-state index in [0.717, 1.165) is 34.8 Å². The van der Waals surface area contributed by atoms with E-state index < -0.39 is 0 Å². The zero-order chi connectivity index (χ0) is 18.8. The van der Waals surface area contributed by atoms with Gasteiger partial charge in [-0.3, -0.25) is 0 Å². The Morgan fingerprint density at radius 3 is 2.19 bits per heavy atom. The molecule has 0 amide bonds. The summed E-state index contributed by atoms with van der Waals surface area (Å²) in [6.07, 6.45) is 2.67. The summed E-state index contributed by atoms with van der Waals surface area (Å²) >= 11 is 0. The molecule has 2 aromatic rings. The molecule has 0 aliphatic heterocycles. The molecule has 0 unspecified atom stereocenters. The summed E-state index contributed by atoms with van der Waals surface area (Å²) in [5.74, 6) is 2.35. The van der Waals surface area contributed by atoms with E-state index in [0.29, 0.717) is 26.4 Å². The van der Waals surface area contributed by atoms with Gasteiger partial charge in [0.15, 0.2) is 11.5 Å². The molecule has 2 rings (SSSR count). The molecular formula is C22H28O4. The van der Waals surface area contributed by atoms with Crippen molar-refractivity contribution in [2.45, 2.75) is 20.3 Å². The number of aryl methyl sites for hydroxylation is 2. The molecule has 0 saturated heterocycles. The molecule has 4 heteroatoms. The van der Waals surface area contributed by atoms with Crippen molar-refractivity contribution in [1.29, 1.82) is 0 Å². The summed E-state index contributed by atoms with van der Waals surface area (Å²) in [5.41, 5.74) is 3.51. The van der Waals surface area contributed by atoms with Gasteiger partial charge in [0.25, 0.3) is 0 Å².